The summed E-state index contributed by atoms with van der Waals surface area (Å²) in [6, 6.07) is 7.25. The zero-order chi connectivity index (χ0) is 13.5. The lowest BCUT2D eigenvalue weighted by Crippen LogP contribution is -2.10. The molecule has 0 atom stereocenters. The average Bonchev–Trinajstić information content (AvgIpc) is 2.31. The molecule has 5 heteroatoms. The molecule has 1 rings (SSSR count). The van der Waals surface area contributed by atoms with Crippen LogP contribution in [-0.4, -0.2) is 23.9 Å². The number of aliphatic imine (C=N–C) groups is 1. The van der Waals surface area contributed by atoms with Gasteiger partial charge >= 0.3 is 5.97 Å². The van der Waals surface area contributed by atoms with E-state index in [9.17, 15) is 9.90 Å². The predicted octanol–water partition coefficient (Wildman–Crippen LogP) is 3.55. The van der Waals surface area contributed by atoms with E-state index >= 15 is 0 Å². The Morgan fingerprint density at radius 3 is 2.56 bits per heavy atom. The number of allylic oxidation sites excluding steroid dienone is 1. The largest absolute Gasteiger partial charge is 0.512 e. The Morgan fingerprint density at radius 1 is 1.44 bits per heavy atom. The Bertz CT molecular complexity index is 474. The molecule has 1 aromatic carbocycles. The van der Waals surface area contributed by atoms with Gasteiger partial charge in [0.15, 0.2) is 0 Å². The first-order chi connectivity index (χ1) is 8.54. The van der Waals surface area contributed by atoms with E-state index in [4.69, 9.17) is 4.74 Å². The van der Waals surface area contributed by atoms with Gasteiger partial charge in [-0.3, -0.25) is 4.99 Å². The van der Waals surface area contributed by atoms with Gasteiger partial charge in [0.05, 0.1) is 12.3 Å². The van der Waals surface area contributed by atoms with Crippen LogP contribution in [0.15, 0.2) is 45.1 Å². The first kappa shape index (κ1) is 14.4. The van der Waals surface area contributed by atoms with Gasteiger partial charge in [-0.15, -0.1) is 0 Å². The maximum Gasteiger partial charge on any atom is 0.343 e. The summed E-state index contributed by atoms with van der Waals surface area (Å²) in [5, 5.41) is 9.41. The molecule has 0 saturated heterocycles. The number of hydrogen-bond donors (Lipinski definition) is 1. The number of ether oxygens (including phenoxy) is 1. The van der Waals surface area contributed by atoms with Crippen LogP contribution in [-0.2, 0) is 9.53 Å². The highest BCUT2D eigenvalue weighted by Gasteiger charge is 2.11. The van der Waals surface area contributed by atoms with Crippen molar-refractivity contribution in [1.82, 2.24) is 0 Å². The van der Waals surface area contributed by atoms with Crippen LogP contribution in [0.4, 0.5) is 5.69 Å². The Kier molecular flexibility index (Phi) is 5.58. The summed E-state index contributed by atoms with van der Waals surface area (Å²) in [6.07, 6.45) is 1.30. The first-order valence-corrected chi connectivity index (χ1v) is 6.20. The number of carbonyl (C=O) groups excluding carboxylic acids is 1. The molecule has 0 radical (unpaired) electrons. The highest BCUT2D eigenvalue weighted by molar-refractivity contribution is 9.10. The van der Waals surface area contributed by atoms with Gasteiger partial charge in [0.2, 0.25) is 0 Å². The molecule has 96 valence electrons. The maximum atomic E-state index is 11.5. The van der Waals surface area contributed by atoms with E-state index in [0.717, 1.165) is 4.47 Å². The fraction of sp³-hybridized carbons (Fsp3) is 0.231. The molecular formula is C13H14BrNO3. The van der Waals surface area contributed by atoms with Crippen molar-refractivity contribution < 1.29 is 14.6 Å². The van der Waals surface area contributed by atoms with E-state index in [1.54, 1.807) is 19.1 Å². The molecule has 0 aliphatic rings. The van der Waals surface area contributed by atoms with Crippen molar-refractivity contribution in [1.29, 1.82) is 0 Å². The van der Waals surface area contributed by atoms with E-state index < -0.39 is 5.97 Å². The molecule has 0 saturated carbocycles. The topological polar surface area (TPSA) is 58.9 Å². The van der Waals surface area contributed by atoms with Crippen LogP contribution in [0.5, 0.6) is 0 Å². The number of carbonyl (C=O) groups is 1. The minimum absolute atomic E-state index is 0.0553. The fourth-order valence-electron chi connectivity index (χ4n) is 1.17. The second-order valence-electron chi connectivity index (χ2n) is 3.45. The lowest BCUT2D eigenvalue weighted by Gasteiger charge is -2.03. The third-order valence-electron chi connectivity index (χ3n) is 2.05. The smallest absolute Gasteiger partial charge is 0.343 e. The summed E-state index contributed by atoms with van der Waals surface area (Å²) in [5.41, 5.74) is 0.737. The molecule has 0 heterocycles. The zero-order valence-corrected chi connectivity index (χ0v) is 11.8. The number of aliphatic hydroxyl groups excluding tert-OH is 1. The third-order valence-corrected chi connectivity index (χ3v) is 2.58. The first-order valence-electron chi connectivity index (χ1n) is 5.41. The Hall–Kier alpha value is -1.62. The third kappa shape index (κ3) is 4.33. The lowest BCUT2D eigenvalue weighted by atomic mass is 10.2. The standard InChI is InChI=1S/C13H14BrNO3/c1-3-18-13(17)12(9(2)16)8-15-11-6-4-10(14)5-7-11/h4-8,16H,3H2,1-2H3/b12-9-,15-8?. The van der Waals surface area contributed by atoms with Gasteiger partial charge in [-0.25, -0.2) is 4.79 Å². The van der Waals surface area contributed by atoms with Gasteiger partial charge in [-0.2, -0.15) is 0 Å². The molecule has 1 aromatic rings. The Balaban J connectivity index is 2.88. The highest BCUT2D eigenvalue weighted by atomic mass is 79.9. The van der Waals surface area contributed by atoms with Crippen LogP contribution in [0.3, 0.4) is 0 Å². The molecule has 4 nitrogen and oxygen atoms in total. The second-order valence-corrected chi connectivity index (χ2v) is 4.37. The van der Waals surface area contributed by atoms with Crippen LogP contribution < -0.4 is 0 Å². The van der Waals surface area contributed by atoms with Crippen molar-refractivity contribution in [3.05, 3.63) is 40.1 Å². The van der Waals surface area contributed by atoms with Crippen molar-refractivity contribution in [3.8, 4) is 0 Å². The minimum atomic E-state index is -0.585. The number of nitrogens with zero attached hydrogens (tertiary/aromatic N) is 1. The molecule has 0 aromatic heterocycles. The maximum absolute atomic E-state index is 11.5. The van der Waals surface area contributed by atoms with Gasteiger partial charge in [-0.1, -0.05) is 15.9 Å². The van der Waals surface area contributed by atoms with Crippen molar-refractivity contribution in [3.63, 3.8) is 0 Å². The number of halogens is 1. The van der Waals surface area contributed by atoms with Crippen molar-refractivity contribution in [2.45, 2.75) is 13.8 Å². The number of rotatable bonds is 4. The summed E-state index contributed by atoms with van der Waals surface area (Å²) in [4.78, 5) is 15.6. The predicted molar refractivity (Wildman–Crippen MR) is 74.3 cm³/mol. The molecule has 0 bridgehead atoms. The zero-order valence-electron chi connectivity index (χ0n) is 10.2. The number of hydrogen-bond acceptors (Lipinski definition) is 4. The van der Waals surface area contributed by atoms with Crippen molar-refractivity contribution in [2.24, 2.45) is 4.99 Å². The molecule has 0 fully saturated rings. The van der Waals surface area contributed by atoms with Crippen LogP contribution >= 0.6 is 15.9 Å². The number of esters is 1. The van der Waals surface area contributed by atoms with E-state index in [2.05, 4.69) is 20.9 Å². The lowest BCUT2D eigenvalue weighted by molar-refractivity contribution is -0.138. The molecule has 0 spiro atoms. The van der Waals surface area contributed by atoms with Gasteiger partial charge in [0.1, 0.15) is 11.3 Å². The Morgan fingerprint density at radius 2 is 2.06 bits per heavy atom. The summed E-state index contributed by atoms with van der Waals surface area (Å²) < 4.78 is 5.76. The Labute approximate surface area is 114 Å². The molecule has 1 N–H and O–H groups in total. The van der Waals surface area contributed by atoms with Crippen LogP contribution in [0.1, 0.15) is 13.8 Å². The van der Waals surface area contributed by atoms with Gasteiger partial charge in [0.25, 0.3) is 0 Å². The number of benzene rings is 1. The molecule has 0 aliphatic heterocycles. The number of aliphatic hydroxyl groups is 1. The average molecular weight is 312 g/mol. The normalized spacial score (nSPS) is 12.4. The van der Waals surface area contributed by atoms with E-state index in [0.29, 0.717) is 5.69 Å². The van der Waals surface area contributed by atoms with Crippen molar-refractivity contribution in [2.75, 3.05) is 6.61 Å². The SMILES string of the molecule is CCOC(=O)/C(C=Nc1ccc(Br)cc1)=C(/C)O. The van der Waals surface area contributed by atoms with Crippen LogP contribution in [0, 0.1) is 0 Å². The van der Waals surface area contributed by atoms with E-state index in [1.807, 2.05) is 12.1 Å². The molecule has 0 aliphatic carbocycles. The minimum Gasteiger partial charge on any atom is -0.512 e. The second kappa shape index (κ2) is 6.96. The van der Waals surface area contributed by atoms with Crippen molar-refractivity contribution >= 4 is 33.8 Å². The molecule has 0 unspecified atom stereocenters. The monoisotopic (exact) mass is 311 g/mol. The molecule has 0 amide bonds. The van der Waals surface area contributed by atoms with E-state index in [1.165, 1.54) is 13.1 Å². The summed E-state index contributed by atoms with van der Waals surface area (Å²) in [5.74, 6) is -0.701. The van der Waals surface area contributed by atoms with Crippen LogP contribution in [0.2, 0.25) is 0 Å². The molecule has 18 heavy (non-hydrogen) atoms. The summed E-state index contributed by atoms with van der Waals surface area (Å²) in [7, 11) is 0. The highest BCUT2D eigenvalue weighted by Crippen LogP contribution is 2.17. The van der Waals surface area contributed by atoms with E-state index in [-0.39, 0.29) is 17.9 Å². The van der Waals surface area contributed by atoms with Gasteiger partial charge in [0, 0.05) is 10.7 Å². The fourth-order valence-corrected chi connectivity index (χ4v) is 1.43. The quantitative estimate of drug-likeness (QED) is 0.400. The van der Waals surface area contributed by atoms with Crippen LogP contribution in [0.25, 0.3) is 0 Å². The summed E-state index contributed by atoms with van der Waals surface area (Å²) >= 11 is 3.32. The van der Waals surface area contributed by atoms with Gasteiger partial charge in [-0.05, 0) is 38.1 Å². The summed E-state index contributed by atoms with van der Waals surface area (Å²) in [6.45, 7) is 3.37. The van der Waals surface area contributed by atoms with Gasteiger partial charge < -0.3 is 9.84 Å². The molecular weight excluding hydrogens is 298 g/mol.